The molecule has 3 aromatic carbocycles. The average molecular weight is 384 g/mol. The molecule has 4 heteroatoms. The number of allylic oxidation sites excluding steroid dienone is 1. The molecule has 4 rings (SSSR count). The summed E-state index contributed by atoms with van der Waals surface area (Å²) in [6.07, 6.45) is 3.53. The zero-order valence-corrected chi connectivity index (χ0v) is 16.1. The lowest BCUT2D eigenvalue weighted by Gasteiger charge is -2.07. The number of Topliss-reactive ketones (excluding diaryl/α,β-unsaturated/α-hetero) is 1. The summed E-state index contributed by atoms with van der Waals surface area (Å²) in [6, 6.07) is 20.7. The molecule has 0 atom stereocenters. The number of methoxy groups -OCH3 is 1. The van der Waals surface area contributed by atoms with E-state index in [-0.39, 0.29) is 5.78 Å². The van der Waals surface area contributed by atoms with E-state index in [1.807, 2.05) is 48.5 Å². The summed E-state index contributed by atoms with van der Waals surface area (Å²) in [5.74, 6) is 2.07. The Balaban J connectivity index is 1.47. The first kappa shape index (κ1) is 18.6. The van der Waals surface area contributed by atoms with Crippen LogP contribution in [0.15, 0.2) is 79.1 Å². The molecule has 1 aliphatic rings. The van der Waals surface area contributed by atoms with Gasteiger partial charge in [-0.1, -0.05) is 49.1 Å². The smallest absolute Gasteiger partial charge is 0.231 e. The Labute approximate surface area is 169 Å². The summed E-state index contributed by atoms with van der Waals surface area (Å²) in [6.45, 7) is 4.18. The molecule has 0 aromatic heterocycles. The van der Waals surface area contributed by atoms with Gasteiger partial charge in [0.2, 0.25) is 5.78 Å². The van der Waals surface area contributed by atoms with Crippen molar-refractivity contribution in [2.75, 3.05) is 7.11 Å². The van der Waals surface area contributed by atoms with Gasteiger partial charge >= 0.3 is 0 Å². The van der Waals surface area contributed by atoms with Gasteiger partial charge in [-0.2, -0.15) is 0 Å². The molecule has 1 heterocycles. The Morgan fingerprint density at radius 1 is 0.931 bits per heavy atom. The molecule has 3 aromatic rings. The molecular weight excluding hydrogens is 364 g/mol. The molecule has 29 heavy (non-hydrogen) atoms. The van der Waals surface area contributed by atoms with Gasteiger partial charge < -0.3 is 14.2 Å². The highest BCUT2D eigenvalue weighted by Gasteiger charge is 2.27. The largest absolute Gasteiger partial charge is 0.497 e. The molecule has 0 aliphatic carbocycles. The van der Waals surface area contributed by atoms with Crippen LogP contribution < -0.4 is 14.2 Å². The number of ether oxygens (including phenoxy) is 3. The Kier molecular flexibility index (Phi) is 5.16. The molecule has 0 bridgehead atoms. The van der Waals surface area contributed by atoms with Gasteiger partial charge in [-0.3, -0.25) is 4.79 Å². The predicted molar refractivity (Wildman–Crippen MR) is 113 cm³/mol. The lowest BCUT2D eigenvalue weighted by Crippen LogP contribution is -1.98. The number of benzene rings is 3. The average Bonchev–Trinajstić information content (AvgIpc) is 3.07. The second-order valence-corrected chi connectivity index (χ2v) is 6.61. The van der Waals surface area contributed by atoms with E-state index in [9.17, 15) is 4.79 Å². The maximum Gasteiger partial charge on any atom is 0.231 e. The first-order valence-electron chi connectivity index (χ1n) is 9.23. The molecule has 0 unspecified atom stereocenters. The second kappa shape index (κ2) is 8.07. The summed E-state index contributed by atoms with van der Waals surface area (Å²) in [5.41, 5.74) is 3.51. The molecule has 0 saturated carbocycles. The first-order chi connectivity index (χ1) is 14.2. The van der Waals surface area contributed by atoms with Crippen LogP contribution in [-0.2, 0) is 6.61 Å². The monoisotopic (exact) mass is 384 g/mol. The van der Waals surface area contributed by atoms with E-state index in [1.54, 1.807) is 37.5 Å². The summed E-state index contributed by atoms with van der Waals surface area (Å²) in [4.78, 5) is 12.6. The summed E-state index contributed by atoms with van der Waals surface area (Å²) in [5, 5.41) is 0. The van der Waals surface area contributed by atoms with E-state index >= 15 is 0 Å². The normalized spacial score (nSPS) is 13.7. The third-order valence-electron chi connectivity index (χ3n) is 4.68. The number of rotatable bonds is 6. The van der Waals surface area contributed by atoms with Crippen molar-refractivity contribution in [1.82, 2.24) is 0 Å². The molecule has 0 spiro atoms. The molecule has 0 N–H and O–H groups in total. The van der Waals surface area contributed by atoms with Gasteiger partial charge in [0.15, 0.2) is 5.76 Å². The van der Waals surface area contributed by atoms with E-state index in [1.165, 1.54) is 0 Å². The van der Waals surface area contributed by atoms with Crippen molar-refractivity contribution in [2.45, 2.75) is 6.61 Å². The number of carbonyl (C=O) groups is 1. The van der Waals surface area contributed by atoms with Crippen LogP contribution in [0.4, 0.5) is 0 Å². The first-order valence-corrected chi connectivity index (χ1v) is 9.23. The third kappa shape index (κ3) is 4.06. The van der Waals surface area contributed by atoms with Gasteiger partial charge in [0.25, 0.3) is 0 Å². The quantitative estimate of drug-likeness (QED) is 0.524. The zero-order chi connectivity index (χ0) is 20.2. The van der Waals surface area contributed by atoms with E-state index in [0.29, 0.717) is 29.4 Å². The molecule has 4 nitrogen and oxygen atoms in total. The fourth-order valence-electron chi connectivity index (χ4n) is 3.03. The maximum atomic E-state index is 12.6. The van der Waals surface area contributed by atoms with E-state index in [2.05, 4.69) is 6.58 Å². The highest BCUT2D eigenvalue weighted by Crippen LogP contribution is 2.35. The van der Waals surface area contributed by atoms with Crippen LogP contribution >= 0.6 is 0 Å². The standard InChI is InChI=1S/C25H20O4/c1-3-17-4-6-19(7-5-17)16-28-21-12-13-22-23(15-21)29-24(25(22)26)14-18-8-10-20(27-2)11-9-18/h3-15H,1,16H2,2H3/b24-14+. The summed E-state index contributed by atoms with van der Waals surface area (Å²) < 4.78 is 16.8. The van der Waals surface area contributed by atoms with Crippen molar-refractivity contribution in [3.63, 3.8) is 0 Å². The van der Waals surface area contributed by atoms with Crippen LogP contribution in [0.2, 0.25) is 0 Å². The molecule has 0 radical (unpaired) electrons. The number of carbonyl (C=O) groups excluding carboxylic acids is 1. The van der Waals surface area contributed by atoms with E-state index in [0.717, 1.165) is 22.4 Å². The van der Waals surface area contributed by atoms with Crippen molar-refractivity contribution in [2.24, 2.45) is 0 Å². The third-order valence-corrected chi connectivity index (χ3v) is 4.68. The van der Waals surface area contributed by atoms with Gasteiger partial charge in [0, 0.05) is 6.07 Å². The van der Waals surface area contributed by atoms with Gasteiger partial charge in [-0.05, 0) is 47.0 Å². The number of ketones is 1. The highest BCUT2D eigenvalue weighted by atomic mass is 16.5. The van der Waals surface area contributed by atoms with Crippen molar-refractivity contribution in [3.8, 4) is 17.2 Å². The molecule has 0 fully saturated rings. The second-order valence-electron chi connectivity index (χ2n) is 6.61. The fraction of sp³-hybridized carbons (Fsp3) is 0.0800. The molecule has 0 amide bonds. The Morgan fingerprint density at radius 2 is 1.62 bits per heavy atom. The van der Waals surface area contributed by atoms with Gasteiger partial charge in [0.05, 0.1) is 12.7 Å². The lowest BCUT2D eigenvalue weighted by atomic mass is 10.1. The minimum Gasteiger partial charge on any atom is -0.497 e. The molecular formula is C25H20O4. The van der Waals surface area contributed by atoms with Crippen molar-refractivity contribution in [1.29, 1.82) is 0 Å². The van der Waals surface area contributed by atoms with Crippen molar-refractivity contribution < 1.29 is 19.0 Å². The van der Waals surface area contributed by atoms with E-state index < -0.39 is 0 Å². The van der Waals surface area contributed by atoms with Crippen molar-refractivity contribution >= 4 is 17.9 Å². The lowest BCUT2D eigenvalue weighted by molar-refractivity contribution is 0.101. The van der Waals surface area contributed by atoms with Crippen LogP contribution in [0.3, 0.4) is 0 Å². The minimum absolute atomic E-state index is 0.137. The van der Waals surface area contributed by atoms with Crippen LogP contribution in [0.5, 0.6) is 17.2 Å². The van der Waals surface area contributed by atoms with Crippen LogP contribution in [0.1, 0.15) is 27.0 Å². The topological polar surface area (TPSA) is 44.8 Å². The molecule has 0 saturated heterocycles. The molecule has 144 valence electrons. The predicted octanol–water partition coefficient (Wildman–Crippen LogP) is 5.53. The van der Waals surface area contributed by atoms with Gasteiger partial charge in [0.1, 0.15) is 23.9 Å². The fourth-order valence-corrected chi connectivity index (χ4v) is 3.03. The Morgan fingerprint density at radius 3 is 2.31 bits per heavy atom. The van der Waals surface area contributed by atoms with Crippen LogP contribution in [0.25, 0.3) is 12.2 Å². The van der Waals surface area contributed by atoms with E-state index in [4.69, 9.17) is 14.2 Å². The highest BCUT2D eigenvalue weighted by molar-refractivity contribution is 6.14. The minimum atomic E-state index is -0.137. The summed E-state index contributed by atoms with van der Waals surface area (Å²) >= 11 is 0. The Bertz CT molecular complexity index is 1080. The maximum absolute atomic E-state index is 12.6. The molecule has 1 aliphatic heterocycles. The SMILES string of the molecule is C=Cc1ccc(COc2ccc3c(c2)O/C(=C/c2ccc(OC)cc2)C3=O)cc1. The number of hydrogen-bond donors (Lipinski definition) is 0. The zero-order valence-electron chi connectivity index (χ0n) is 16.1. The van der Waals surface area contributed by atoms with Crippen LogP contribution in [-0.4, -0.2) is 12.9 Å². The van der Waals surface area contributed by atoms with Gasteiger partial charge in [-0.15, -0.1) is 0 Å². The number of fused-ring (bicyclic) bond motifs is 1. The summed E-state index contributed by atoms with van der Waals surface area (Å²) in [7, 11) is 1.61. The van der Waals surface area contributed by atoms with Gasteiger partial charge in [-0.25, -0.2) is 0 Å². The number of hydrogen-bond acceptors (Lipinski definition) is 4. The Hall–Kier alpha value is -3.79. The van der Waals surface area contributed by atoms with Crippen LogP contribution in [0, 0.1) is 0 Å². The van der Waals surface area contributed by atoms with Crippen molar-refractivity contribution in [3.05, 3.63) is 101 Å².